The molecule has 0 saturated heterocycles. The minimum atomic E-state index is 0.370. The summed E-state index contributed by atoms with van der Waals surface area (Å²) in [5.74, 6) is 0.370. The van der Waals surface area contributed by atoms with Gasteiger partial charge in [-0.3, -0.25) is 0 Å². The highest BCUT2D eigenvalue weighted by atomic mass is 79.9. The molecule has 70 valence electrons. The van der Waals surface area contributed by atoms with Crippen LogP contribution in [0.2, 0.25) is 0 Å². The van der Waals surface area contributed by atoms with Crippen LogP contribution in [0.25, 0.3) is 0 Å². The van der Waals surface area contributed by atoms with E-state index in [2.05, 4.69) is 35.0 Å². The van der Waals surface area contributed by atoms with Gasteiger partial charge in [-0.05, 0) is 30.0 Å². The molecule has 0 heterocycles. The third-order valence-electron chi connectivity index (χ3n) is 2.19. The molecular formula is C11H13BrO. The van der Waals surface area contributed by atoms with Crippen molar-refractivity contribution < 1.29 is 4.79 Å². The predicted molar refractivity (Wildman–Crippen MR) is 57.9 cm³/mol. The first-order chi connectivity index (χ1) is 6.27. The summed E-state index contributed by atoms with van der Waals surface area (Å²) in [7, 11) is 0. The molecule has 1 rings (SSSR count). The normalized spacial score (nSPS) is 12.5. The fourth-order valence-electron chi connectivity index (χ4n) is 1.42. The van der Waals surface area contributed by atoms with Gasteiger partial charge in [-0.25, -0.2) is 0 Å². The highest BCUT2D eigenvalue weighted by Gasteiger charge is 2.08. The van der Waals surface area contributed by atoms with Gasteiger partial charge in [-0.1, -0.05) is 35.0 Å². The summed E-state index contributed by atoms with van der Waals surface area (Å²) in [5.41, 5.74) is 1.24. The van der Waals surface area contributed by atoms with E-state index in [1.54, 1.807) is 0 Å². The largest absolute Gasteiger partial charge is 0.303 e. The molecule has 0 aliphatic carbocycles. The standard InChI is InChI=1S/C11H13BrO/c1-2-9(6-7-13)10-4-3-5-11(12)8-10/h3-5,7-9H,2,6H2,1H3. The van der Waals surface area contributed by atoms with E-state index < -0.39 is 0 Å². The molecule has 0 fully saturated rings. The smallest absolute Gasteiger partial charge is 0.120 e. The summed E-state index contributed by atoms with van der Waals surface area (Å²) in [6.45, 7) is 2.11. The summed E-state index contributed by atoms with van der Waals surface area (Å²) >= 11 is 3.42. The van der Waals surface area contributed by atoms with E-state index in [0.29, 0.717) is 12.3 Å². The topological polar surface area (TPSA) is 17.1 Å². The Morgan fingerprint density at radius 2 is 2.31 bits per heavy atom. The quantitative estimate of drug-likeness (QED) is 0.737. The zero-order valence-corrected chi connectivity index (χ0v) is 9.25. The zero-order chi connectivity index (χ0) is 9.68. The van der Waals surface area contributed by atoms with Gasteiger partial charge in [0.1, 0.15) is 6.29 Å². The van der Waals surface area contributed by atoms with Gasteiger partial charge in [0.2, 0.25) is 0 Å². The molecule has 1 atom stereocenters. The zero-order valence-electron chi connectivity index (χ0n) is 7.66. The Hall–Kier alpha value is -0.630. The minimum Gasteiger partial charge on any atom is -0.303 e. The van der Waals surface area contributed by atoms with E-state index in [1.165, 1.54) is 5.56 Å². The molecule has 0 radical (unpaired) electrons. The van der Waals surface area contributed by atoms with Gasteiger partial charge in [0.25, 0.3) is 0 Å². The molecule has 0 N–H and O–H groups in total. The summed E-state index contributed by atoms with van der Waals surface area (Å²) in [4.78, 5) is 10.4. The number of carbonyl (C=O) groups excluding carboxylic acids is 1. The maximum atomic E-state index is 10.4. The van der Waals surface area contributed by atoms with Crippen molar-refractivity contribution in [3.63, 3.8) is 0 Å². The van der Waals surface area contributed by atoms with Crippen molar-refractivity contribution in [3.8, 4) is 0 Å². The molecule has 0 spiro atoms. The van der Waals surface area contributed by atoms with E-state index in [0.717, 1.165) is 17.2 Å². The Bertz CT molecular complexity index is 283. The highest BCUT2D eigenvalue weighted by molar-refractivity contribution is 9.10. The number of hydrogen-bond donors (Lipinski definition) is 0. The first-order valence-corrected chi connectivity index (χ1v) is 5.26. The first-order valence-electron chi connectivity index (χ1n) is 4.47. The Labute approximate surface area is 87.3 Å². The molecule has 0 saturated carbocycles. The summed E-state index contributed by atoms with van der Waals surface area (Å²) in [6.07, 6.45) is 2.62. The fraction of sp³-hybridized carbons (Fsp3) is 0.364. The van der Waals surface area contributed by atoms with Crippen molar-refractivity contribution in [1.29, 1.82) is 0 Å². The predicted octanol–water partition coefficient (Wildman–Crippen LogP) is 3.53. The van der Waals surface area contributed by atoms with Gasteiger partial charge in [0, 0.05) is 10.9 Å². The van der Waals surface area contributed by atoms with Crippen molar-refractivity contribution in [2.45, 2.75) is 25.7 Å². The van der Waals surface area contributed by atoms with Crippen LogP contribution in [0.1, 0.15) is 31.2 Å². The van der Waals surface area contributed by atoms with Crippen LogP contribution in [-0.2, 0) is 4.79 Å². The van der Waals surface area contributed by atoms with Crippen LogP contribution in [0.3, 0.4) is 0 Å². The molecule has 0 amide bonds. The lowest BCUT2D eigenvalue weighted by Crippen LogP contribution is -1.97. The van der Waals surface area contributed by atoms with Gasteiger partial charge in [0.15, 0.2) is 0 Å². The van der Waals surface area contributed by atoms with Crippen LogP contribution < -0.4 is 0 Å². The van der Waals surface area contributed by atoms with Gasteiger partial charge in [0.05, 0.1) is 0 Å². The van der Waals surface area contributed by atoms with E-state index in [-0.39, 0.29) is 0 Å². The molecular weight excluding hydrogens is 228 g/mol. The van der Waals surface area contributed by atoms with Gasteiger partial charge in [-0.2, -0.15) is 0 Å². The number of aldehydes is 1. The Morgan fingerprint density at radius 3 is 2.85 bits per heavy atom. The number of halogens is 1. The van der Waals surface area contributed by atoms with Gasteiger partial charge in [-0.15, -0.1) is 0 Å². The third-order valence-corrected chi connectivity index (χ3v) is 2.69. The number of hydrogen-bond acceptors (Lipinski definition) is 1. The van der Waals surface area contributed by atoms with Crippen molar-refractivity contribution >= 4 is 22.2 Å². The molecule has 0 aliphatic heterocycles. The van der Waals surface area contributed by atoms with E-state index >= 15 is 0 Å². The number of carbonyl (C=O) groups is 1. The minimum absolute atomic E-state index is 0.370. The van der Waals surface area contributed by atoms with Gasteiger partial charge < -0.3 is 4.79 Å². The van der Waals surface area contributed by atoms with Crippen LogP contribution in [0.4, 0.5) is 0 Å². The Balaban J connectivity index is 2.84. The average molecular weight is 241 g/mol. The molecule has 1 aromatic rings. The maximum Gasteiger partial charge on any atom is 0.120 e. The van der Waals surface area contributed by atoms with Crippen LogP contribution in [0.5, 0.6) is 0 Å². The Kier molecular flexibility index (Phi) is 4.16. The van der Waals surface area contributed by atoms with E-state index in [9.17, 15) is 4.79 Å². The molecule has 0 aliphatic rings. The van der Waals surface area contributed by atoms with Crippen LogP contribution >= 0.6 is 15.9 Å². The van der Waals surface area contributed by atoms with Crippen molar-refractivity contribution in [1.82, 2.24) is 0 Å². The maximum absolute atomic E-state index is 10.4. The second kappa shape index (κ2) is 5.18. The lowest BCUT2D eigenvalue weighted by atomic mass is 9.94. The van der Waals surface area contributed by atoms with Crippen molar-refractivity contribution in [2.75, 3.05) is 0 Å². The van der Waals surface area contributed by atoms with Crippen LogP contribution in [0.15, 0.2) is 28.7 Å². The molecule has 2 heteroatoms. The fourth-order valence-corrected chi connectivity index (χ4v) is 1.83. The van der Waals surface area contributed by atoms with Crippen LogP contribution in [-0.4, -0.2) is 6.29 Å². The molecule has 13 heavy (non-hydrogen) atoms. The first kappa shape index (κ1) is 10.5. The number of rotatable bonds is 4. The lowest BCUT2D eigenvalue weighted by Gasteiger charge is -2.11. The summed E-state index contributed by atoms with van der Waals surface area (Å²) in [5, 5.41) is 0. The van der Waals surface area contributed by atoms with Gasteiger partial charge >= 0.3 is 0 Å². The van der Waals surface area contributed by atoms with Crippen molar-refractivity contribution in [3.05, 3.63) is 34.3 Å². The van der Waals surface area contributed by atoms with Crippen LogP contribution in [0, 0.1) is 0 Å². The van der Waals surface area contributed by atoms with E-state index in [1.807, 2.05) is 12.1 Å². The average Bonchev–Trinajstić information content (AvgIpc) is 2.14. The lowest BCUT2D eigenvalue weighted by molar-refractivity contribution is -0.108. The monoisotopic (exact) mass is 240 g/mol. The molecule has 1 unspecified atom stereocenters. The molecule has 0 aromatic heterocycles. The van der Waals surface area contributed by atoms with Crippen molar-refractivity contribution in [2.24, 2.45) is 0 Å². The SMILES string of the molecule is CCC(CC=O)c1cccc(Br)c1. The Morgan fingerprint density at radius 1 is 1.54 bits per heavy atom. The third kappa shape index (κ3) is 2.96. The second-order valence-corrected chi connectivity index (χ2v) is 3.98. The molecule has 1 aromatic carbocycles. The highest BCUT2D eigenvalue weighted by Crippen LogP contribution is 2.24. The summed E-state index contributed by atoms with van der Waals surface area (Å²) < 4.78 is 1.08. The second-order valence-electron chi connectivity index (χ2n) is 3.06. The van der Waals surface area contributed by atoms with E-state index in [4.69, 9.17) is 0 Å². The molecule has 0 bridgehead atoms. The summed E-state index contributed by atoms with van der Waals surface area (Å²) in [6, 6.07) is 8.16. The number of benzene rings is 1. The molecule has 1 nitrogen and oxygen atoms in total.